The van der Waals surface area contributed by atoms with Gasteiger partial charge in [0.25, 0.3) is 5.91 Å². The Morgan fingerprint density at radius 3 is 2.34 bits per heavy atom. The predicted molar refractivity (Wildman–Crippen MR) is 123 cm³/mol. The summed E-state index contributed by atoms with van der Waals surface area (Å²) in [6.45, 7) is 7.67. The molecular formula is C24H33N3O4S. The minimum atomic E-state index is -3.55. The summed E-state index contributed by atoms with van der Waals surface area (Å²) in [5.74, 6) is 1.32. The average Bonchev–Trinajstić information content (AvgIpc) is 3.48. The maximum Gasteiger partial charge on any atom is 0.251 e. The third-order valence-corrected chi connectivity index (χ3v) is 8.34. The maximum absolute atomic E-state index is 13.1. The molecule has 2 aliphatic heterocycles. The van der Waals surface area contributed by atoms with Crippen molar-refractivity contribution in [1.82, 2.24) is 14.5 Å². The smallest absolute Gasteiger partial charge is 0.251 e. The average molecular weight is 460 g/mol. The molecule has 1 aromatic heterocycles. The topological polar surface area (TPSA) is 82.9 Å². The van der Waals surface area contributed by atoms with Crippen LogP contribution in [0.4, 0.5) is 0 Å². The van der Waals surface area contributed by atoms with Crippen LogP contribution in [0.1, 0.15) is 55.3 Å². The lowest BCUT2D eigenvalue weighted by atomic mass is 9.94. The van der Waals surface area contributed by atoms with Crippen LogP contribution in [0.25, 0.3) is 0 Å². The van der Waals surface area contributed by atoms with Crippen LogP contribution in [0, 0.1) is 11.8 Å². The van der Waals surface area contributed by atoms with Crippen LogP contribution in [0.2, 0.25) is 0 Å². The first-order valence-corrected chi connectivity index (χ1v) is 12.9. The zero-order valence-electron chi connectivity index (χ0n) is 18.9. The fourth-order valence-electron chi connectivity index (χ4n) is 4.96. The van der Waals surface area contributed by atoms with E-state index in [1.54, 1.807) is 34.8 Å². The van der Waals surface area contributed by atoms with E-state index in [0.29, 0.717) is 37.0 Å². The molecule has 1 N–H and O–H groups in total. The second-order valence-corrected chi connectivity index (χ2v) is 11.2. The van der Waals surface area contributed by atoms with Crippen molar-refractivity contribution >= 4 is 15.9 Å². The van der Waals surface area contributed by atoms with Crippen molar-refractivity contribution in [2.75, 3.05) is 32.7 Å². The molecule has 8 heteroatoms. The Labute approximate surface area is 190 Å². The monoisotopic (exact) mass is 459 g/mol. The Balaban J connectivity index is 1.41. The molecule has 0 bridgehead atoms. The van der Waals surface area contributed by atoms with Crippen LogP contribution in [0.3, 0.4) is 0 Å². The van der Waals surface area contributed by atoms with Crippen LogP contribution < -0.4 is 5.32 Å². The zero-order chi connectivity index (χ0) is 22.7. The van der Waals surface area contributed by atoms with Crippen LogP contribution in [0.5, 0.6) is 0 Å². The lowest BCUT2D eigenvalue weighted by Gasteiger charge is -2.34. The van der Waals surface area contributed by atoms with Gasteiger partial charge >= 0.3 is 0 Å². The predicted octanol–water partition coefficient (Wildman–Crippen LogP) is 3.51. The number of furan rings is 1. The van der Waals surface area contributed by atoms with Gasteiger partial charge in [-0.05, 0) is 80.6 Å². The Hall–Kier alpha value is -2.16. The molecule has 0 aliphatic carbocycles. The molecule has 3 heterocycles. The molecule has 3 atom stereocenters. The van der Waals surface area contributed by atoms with E-state index < -0.39 is 10.0 Å². The number of nitrogens with zero attached hydrogens (tertiary/aromatic N) is 2. The van der Waals surface area contributed by atoms with Crippen molar-refractivity contribution < 1.29 is 17.6 Å². The largest absolute Gasteiger partial charge is 0.468 e. The summed E-state index contributed by atoms with van der Waals surface area (Å²) in [4.78, 5) is 15.3. The molecule has 2 aromatic rings. The number of sulfonamides is 1. The Morgan fingerprint density at radius 2 is 1.75 bits per heavy atom. The van der Waals surface area contributed by atoms with Gasteiger partial charge in [0.15, 0.2) is 0 Å². The number of benzene rings is 1. The molecular weight excluding hydrogens is 426 g/mol. The molecule has 32 heavy (non-hydrogen) atoms. The van der Waals surface area contributed by atoms with Crippen LogP contribution in [-0.2, 0) is 10.0 Å². The van der Waals surface area contributed by atoms with Crippen LogP contribution in [0.15, 0.2) is 52.0 Å². The Kier molecular flexibility index (Phi) is 7.02. The van der Waals surface area contributed by atoms with Gasteiger partial charge in [-0.3, -0.25) is 9.69 Å². The molecule has 0 radical (unpaired) electrons. The third kappa shape index (κ3) is 5.08. The summed E-state index contributed by atoms with van der Waals surface area (Å²) in [5.41, 5.74) is 0.448. The van der Waals surface area contributed by atoms with Gasteiger partial charge in [-0.2, -0.15) is 4.31 Å². The Bertz CT molecular complexity index is 988. The van der Waals surface area contributed by atoms with Crippen molar-refractivity contribution in [3.63, 3.8) is 0 Å². The van der Waals surface area contributed by atoms with Crippen molar-refractivity contribution in [2.45, 2.75) is 44.0 Å². The van der Waals surface area contributed by atoms with E-state index in [1.807, 2.05) is 12.1 Å². The molecule has 2 aliphatic rings. The van der Waals surface area contributed by atoms with Crippen LogP contribution in [-0.4, -0.2) is 56.3 Å². The number of nitrogens with one attached hydrogen (secondary N) is 1. The first kappa shape index (κ1) is 23.0. The lowest BCUT2D eigenvalue weighted by molar-refractivity contribution is 0.0933. The molecule has 2 fully saturated rings. The van der Waals surface area contributed by atoms with Crippen molar-refractivity contribution in [3.8, 4) is 0 Å². The second kappa shape index (κ2) is 9.77. The van der Waals surface area contributed by atoms with Gasteiger partial charge in [-0.15, -0.1) is 0 Å². The number of carbonyl (C=O) groups excluding carboxylic acids is 1. The summed E-state index contributed by atoms with van der Waals surface area (Å²) in [6, 6.07) is 10.1. The number of likely N-dealkylation sites (tertiary alicyclic amines) is 1. The number of rotatable bonds is 7. The van der Waals surface area contributed by atoms with Gasteiger partial charge in [-0.1, -0.05) is 13.8 Å². The van der Waals surface area contributed by atoms with Gasteiger partial charge < -0.3 is 9.73 Å². The van der Waals surface area contributed by atoms with E-state index in [9.17, 15) is 13.2 Å². The van der Waals surface area contributed by atoms with Crippen molar-refractivity contribution in [2.24, 2.45) is 11.8 Å². The molecule has 0 saturated carbocycles. The quantitative estimate of drug-likeness (QED) is 0.685. The highest BCUT2D eigenvalue weighted by Crippen LogP contribution is 2.27. The summed E-state index contributed by atoms with van der Waals surface area (Å²) >= 11 is 0. The first-order chi connectivity index (χ1) is 15.3. The van der Waals surface area contributed by atoms with Gasteiger partial charge in [0.1, 0.15) is 5.76 Å². The third-order valence-electron chi connectivity index (χ3n) is 6.50. The van der Waals surface area contributed by atoms with Gasteiger partial charge in [0, 0.05) is 25.2 Å². The number of amides is 1. The summed E-state index contributed by atoms with van der Waals surface area (Å²) in [6.07, 6.45) is 5.00. The van der Waals surface area contributed by atoms with E-state index in [2.05, 4.69) is 24.1 Å². The zero-order valence-corrected chi connectivity index (χ0v) is 19.7. The SMILES string of the molecule is C[C@@H]1C[C@H](C)CN(S(=O)(=O)c2ccc(C(=O)NC[C@@H](c3ccco3)N3CCCC3)cc2)C1. The lowest BCUT2D eigenvalue weighted by Crippen LogP contribution is -2.42. The number of piperidine rings is 1. The normalized spacial score (nSPS) is 23.8. The molecule has 4 rings (SSSR count). The summed E-state index contributed by atoms with van der Waals surface area (Å²) in [5, 5.41) is 3.00. The minimum absolute atomic E-state index is 0.000758. The fraction of sp³-hybridized carbons (Fsp3) is 0.542. The molecule has 0 unspecified atom stereocenters. The van der Waals surface area contributed by atoms with Gasteiger partial charge in [0.2, 0.25) is 10.0 Å². The molecule has 0 spiro atoms. The standard InChI is InChI=1S/C24H33N3O4S/c1-18-14-19(2)17-27(16-18)32(29,30)21-9-7-20(8-10-21)24(28)25-15-22(23-6-5-13-31-23)26-11-3-4-12-26/h5-10,13,18-19,22H,3-4,11-12,14-17H2,1-2H3,(H,25,28)/t18-,19+,22-/m0/s1. The van der Waals surface area contributed by atoms with Crippen molar-refractivity contribution in [1.29, 1.82) is 0 Å². The highest BCUT2D eigenvalue weighted by atomic mass is 32.2. The van der Waals surface area contributed by atoms with E-state index >= 15 is 0 Å². The molecule has 2 saturated heterocycles. The summed E-state index contributed by atoms with van der Waals surface area (Å²) < 4.78 is 33.3. The number of hydrogen-bond donors (Lipinski definition) is 1. The Morgan fingerprint density at radius 1 is 1.09 bits per heavy atom. The van der Waals surface area contributed by atoms with E-state index in [4.69, 9.17) is 4.42 Å². The fourth-order valence-corrected chi connectivity index (χ4v) is 6.64. The van der Waals surface area contributed by atoms with E-state index in [-0.39, 0.29) is 16.8 Å². The molecule has 1 aromatic carbocycles. The second-order valence-electron chi connectivity index (χ2n) is 9.28. The maximum atomic E-state index is 13.1. The van der Waals surface area contributed by atoms with Gasteiger partial charge in [0.05, 0.1) is 17.2 Å². The molecule has 1 amide bonds. The minimum Gasteiger partial charge on any atom is -0.468 e. The highest BCUT2D eigenvalue weighted by molar-refractivity contribution is 7.89. The van der Waals surface area contributed by atoms with E-state index in [1.165, 1.54) is 0 Å². The van der Waals surface area contributed by atoms with Crippen LogP contribution >= 0.6 is 0 Å². The number of hydrogen-bond acceptors (Lipinski definition) is 5. The number of carbonyl (C=O) groups is 1. The van der Waals surface area contributed by atoms with E-state index in [0.717, 1.165) is 38.1 Å². The highest BCUT2D eigenvalue weighted by Gasteiger charge is 2.32. The molecule has 7 nitrogen and oxygen atoms in total. The summed E-state index contributed by atoms with van der Waals surface area (Å²) in [7, 11) is -3.55. The molecule has 174 valence electrons. The van der Waals surface area contributed by atoms with Gasteiger partial charge in [-0.25, -0.2) is 8.42 Å². The van der Waals surface area contributed by atoms with Crippen molar-refractivity contribution in [3.05, 3.63) is 54.0 Å². The first-order valence-electron chi connectivity index (χ1n) is 11.5.